The molecule has 1 N–H and O–H groups in total. The highest BCUT2D eigenvalue weighted by molar-refractivity contribution is 8.19. The number of anilines is 1. The molecule has 128 valence electrons. The van der Waals surface area contributed by atoms with Crippen molar-refractivity contribution in [3.8, 4) is 5.75 Å². The molecule has 4 rings (SSSR count). The molecule has 0 aliphatic carbocycles. The molecule has 0 unspecified atom stereocenters. The predicted molar refractivity (Wildman–Crippen MR) is 108 cm³/mol. The van der Waals surface area contributed by atoms with Crippen LogP contribution in [0.15, 0.2) is 48.0 Å². The lowest BCUT2D eigenvalue weighted by molar-refractivity contribution is -0.113. The molecule has 1 saturated heterocycles. The number of carbonyl (C=O) groups excluding carboxylic acids is 1. The van der Waals surface area contributed by atoms with E-state index >= 15 is 0 Å². The number of hydrogen-bond acceptors (Lipinski definition) is 4. The average molecular weight is 390 g/mol. The average Bonchev–Trinajstić information content (AvgIpc) is 3.16. The van der Waals surface area contributed by atoms with E-state index in [2.05, 4.69) is 17.4 Å². The molecule has 0 saturated carbocycles. The lowest BCUT2D eigenvalue weighted by Gasteiger charge is -2.18. The quantitative estimate of drug-likeness (QED) is 0.779. The van der Waals surface area contributed by atoms with Gasteiger partial charge in [0.05, 0.1) is 10.2 Å². The normalized spacial score (nSPS) is 16.8. The van der Waals surface area contributed by atoms with E-state index in [-0.39, 0.29) is 12.5 Å². The molecule has 1 fully saturated rings. The maximum atomic E-state index is 12.6. The van der Waals surface area contributed by atoms with E-state index in [9.17, 15) is 4.79 Å². The number of halogens is 1. The number of rotatable bonds is 3. The standard InChI is InChI=1S/C19H16ClNO2S2/c20-15-4-5-17-13(9-15)8-14(11-23-17)18(22)21-16-3-1-2-12(10-16)19-24-6-7-25-19/h1-5,8-10,19H,6-7,11H2,(H,21,22). The first-order valence-corrected chi connectivity index (χ1v) is 10.4. The van der Waals surface area contributed by atoms with Crippen LogP contribution in [0.2, 0.25) is 5.02 Å². The van der Waals surface area contributed by atoms with Crippen LogP contribution in [0.4, 0.5) is 5.69 Å². The topological polar surface area (TPSA) is 38.3 Å². The fraction of sp³-hybridized carbons (Fsp3) is 0.211. The first-order valence-electron chi connectivity index (χ1n) is 7.96. The zero-order valence-corrected chi connectivity index (χ0v) is 15.7. The van der Waals surface area contributed by atoms with Crippen LogP contribution in [0, 0.1) is 0 Å². The van der Waals surface area contributed by atoms with Gasteiger partial charge in [0.2, 0.25) is 0 Å². The SMILES string of the molecule is O=C(Nc1cccc(C2SCCS2)c1)C1=Cc2cc(Cl)ccc2OC1. The second-order valence-electron chi connectivity index (χ2n) is 5.79. The van der Waals surface area contributed by atoms with Gasteiger partial charge in [-0.1, -0.05) is 23.7 Å². The van der Waals surface area contributed by atoms with Gasteiger partial charge < -0.3 is 10.1 Å². The highest BCUT2D eigenvalue weighted by Gasteiger charge is 2.20. The number of hydrogen-bond donors (Lipinski definition) is 1. The van der Waals surface area contributed by atoms with Crippen LogP contribution < -0.4 is 10.1 Å². The molecule has 2 heterocycles. The summed E-state index contributed by atoms with van der Waals surface area (Å²) in [6, 6.07) is 13.5. The molecule has 6 heteroatoms. The summed E-state index contributed by atoms with van der Waals surface area (Å²) in [5.41, 5.74) is 3.48. The lowest BCUT2D eigenvalue weighted by atomic mass is 10.1. The highest BCUT2D eigenvalue weighted by Crippen LogP contribution is 2.45. The van der Waals surface area contributed by atoms with E-state index in [1.54, 1.807) is 12.1 Å². The number of fused-ring (bicyclic) bond motifs is 1. The minimum Gasteiger partial charge on any atom is -0.488 e. The number of nitrogens with one attached hydrogen (secondary N) is 1. The highest BCUT2D eigenvalue weighted by atomic mass is 35.5. The van der Waals surface area contributed by atoms with Crippen molar-refractivity contribution in [2.75, 3.05) is 23.4 Å². The molecule has 0 spiro atoms. The van der Waals surface area contributed by atoms with Gasteiger partial charge in [0.25, 0.3) is 5.91 Å². The van der Waals surface area contributed by atoms with Crippen LogP contribution in [0.3, 0.4) is 0 Å². The summed E-state index contributed by atoms with van der Waals surface area (Å²) in [6.45, 7) is 0.258. The van der Waals surface area contributed by atoms with Crippen molar-refractivity contribution in [3.63, 3.8) is 0 Å². The van der Waals surface area contributed by atoms with Gasteiger partial charge in [-0.2, -0.15) is 0 Å². The van der Waals surface area contributed by atoms with Crippen LogP contribution in [-0.2, 0) is 4.79 Å². The zero-order chi connectivity index (χ0) is 17.2. The fourth-order valence-electron chi connectivity index (χ4n) is 2.80. The molecule has 3 nitrogen and oxygen atoms in total. The Kier molecular flexibility index (Phi) is 4.97. The predicted octanol–water partition coefficient (Wildman–Crippen LogP) is 5.23. The first kappa shape index (κ1) is 16.9. The summed E-state index contributed by atoms with van der Waals surface area (Å²) in [7, 11) is 0. The smallest absolute Gasteiger partial charge is 0.255 e. The number of amides is 1. The van der Waals surface area contributed by atoms with Crippen molar-refractivity contribution in [2.45, 2.75) is 4.58 Å². The minimum atomic E-state index is -0.144. The van der Waals surface area contributed by atoms with Crippen molar-refractivity contribution in [3.05, 3.63) is 64.2 Å². The molecule has 25 heavy (non-hydrogen) atoms. The maximum absolute atomic E-state index is 12.6. The monoisotopic (exact) mass is 389 g/mol. The molecular formula is C19H16ClNO2S2. The van der Waals surface area contributed by atoms with Crippen LogP contribution in [0.1, 0.15) is 15.7 Å². The maximum Gasteiger partial charge on any atom is 0.255 e. The molecule has 0 radical (unpaired) electrons. The molecule has 1 amide bonds. The molecule has 0 atom stereocenters. The molecule has 0 aromatic heterocycles. The zero-order valence-electron chi connectivity index (χ0n) is 13.3. The molecule has 2 aromatic rings. The third kappa shape index (κ3) is 3.84. The van der Waals surface area contributed by atoms with Crippen LogP contribution in [-0.4, -0.2) is 24.0 Å². The van der Waals surface area contributed by atoms with Crippen molar-refractivity contribution < 1.29 is 9.53 Å². The second kappa shape index (κ2) is 7.36. The van der Waals surface area contributed by atoms with E-state index in [4.69, 9.17) is 16.3 Å². The number of thioether (sulfide) groups is 2. The Morgan fingerprint density at radius 3 is 2.84 bits per heavy atom. The van der Waals surface area contributed by atoms with E-state index in [1.165, 1.54) is 17.1 Å². The van der Waals surface area contributed by atoms with Gasteiger partial charge in [-0.15, -0.1) is 23.5 Å². The van der Waals surface area contributed by atoms with Gasteiger partial charge in [-0.25, -0.2) is 0 Å². The number of ether oxygens (including phenoxy) is 1. The fourth-order valence-corrected chi connectivity index (χ4v) is 5.82. The van der Waals surface area contributed by atoms with Gasteiger partial charge in [-0.3, -0.25) is 4.79 Å². The molecule has 0 bridgehead atoms. The van der Waals surface area contributed by atoms with Gasteiger partial charge >= 0.3 is 0 Å². The van der Waals surface area contributed by atoms with Crippen LogP contribution in [0.5, 0.6) is 5.75 Å². The van der Waals surface area contributed by atoms with Crippen LogP contribution in [0.25, 0.3) is 6.08 Å². The van der Waals surface area contributed by atoms with E-state index in [0.29, 0.717) is 15.2 Å². The summed E-state index contributed by atoms with van der Waals surface area (Å²) in [5, 5.41) is 3.61. The van der Waals surface area contributed by atoms with Crippen molar-refractivity contribution in [2.24, 2.45) is 0 Å². The third-order valence-corrected chi connectivity index (χ3v) is 7.35. The Morgan fingerprint density at radius 2 is 2.00 bits per heavy atom. The summed E-state index contributed by atoms with van der Waals surface area (Å²) in [5.74, 6) is 2.96. The first-order chi connectivity index (χ1) is 12.2. The van der Waals surface area contributed by atoms with Gasteiger partial charge in [0.1, 0.15) is 12.4 Å². The molecule has 2 aliphatic rings. The van der Waals surface area contributed by atoms with Crippen LogP contribution >= 0.6 is 35.1 Å². The van der Waals surface area contributed by atoms with Gasteiger partial charge in [0, 0.05) is 27.8 Å². The Morgan fingerprint density at radius 1 is 1.16 bits per heavy atom. The van der Waals surface area contributed by atoms with Crippen molar-refractivity contribution in [1.82, 2.24) is 0 Å². The summed E-state index contributed by atoms with van der Waals surface area (Å²) < 4.78 is 6.12. The van der Waals surface area contributed by atoms with E-state index < -0.39 is 0 Å². The molecule has 2 aliphatic heterocycles. The Hall–Kier alpha value is -1.56. The minimum absolute atomic E-state index is 0.144. The number of carbonyl (C=O) groups is 1. The van der Waals surface area contributed by atoms with Crippen molar-refractivity contribution >= 4 is 52.8 Å². The Labute approximate surface area is 160 Å². The Balaban J connectivity index is 1.51. The third-order valence-electron chi connectivity index (χ3n) is 4.01. The van der Waals surface area contributed by atoms with E-state index in [1.807, 2.05) is 47.8 Å². The largest absolute Gasteiger partial charge is 0.488 e. The van der Waals surface area contributed by atoms with Gasteiger partial charge in [-0.05, 0) is 42.0 Å². The summed E-state index contributed by atoms with van der Waals surface area (Å²) >= 11 is 9.93. The summed E-state index contributed by atoms with van der Waals surface area (Å²) in [4.78, 5) is 12.6. The lowest BCUT2D eigenvalue weighted by Crippen LogP contribution is -2.21. The second-order valence-corrected chi connectivity index (χ2v) is 8.95. The Bertz CT molecular complexity index is 847. The molecular weight excluding hydrogens is 374 g/mol. The van der Waals surface area contributed by atoms with Gasteiger partial charge in [0.15, 0.2) is 0 Å². The van der Waals surface area contributed by atoms with E-state index in [0.717, 1.165) is 17.0 Å². The van der Waals surface area contributed by atoms with Crippen molar-refractivity contribution in [1.29, 1.82) is 0 Å². The molecule has 2 aromatic carbocycles. The number of benzene rings is 2. The summed E-state index contributed by atoms with van der Waals surface area (Å²) in [6.07, 6.45) is 1.84.